The van der Waals surface area contributed by atoms with Gasteiger partial charge < -0.3 is 4.74 Å². The van der Waals surface area contributed by atoms with Crippen LogP contribution in [0.1, 0.15) is 31.1 Å². The van der Waals surface area contributed by atoms with Crippen LogP contribution < -0.4 is 4.74 Å². The Labute approximate surface area is 139 Å². The Morgan fingerprint density at radius 2 is 1.87 bits per heavy atom. The molecule has 5 nitrogen and oxygen atoms in total. The molecule has 0 unspecified atom stereocenters. The van der Waals surface area contributed by atoms with E-state index in [9.17, 15) is 14.9 Å². The average molecular weight is 334 g/mol. The van der Waals surface area contributed by atoms with Crippen molar-refractivity contribution < 1.29 is 14.5 Å². The van der Waals surface area contributed by atoms with E-state index in [0.717, 1.165) is 0 Å². The van der Waals surface area contributed by atoms with Gasteiger partial charge in [-0.15, -0.1) is 0 Å². The second kappa shape index (κ2) is 6.38. The summed E-state index contributed by atoms with van der Waals surface area (Å²) in [5.74, 6) is 0.728. The van der Waals surface area contributed by atoms with Gasteiger partial charge in [0.1, 0.15) is 11.5 Å². The molecule has 0 aliphatic carbocycles. The summed E-state index contributed by atoms with van der Waals surface area (Å²) in [5, 5.41) is 10.8. The fourth-order valence-corrected chi connectivity index (χ4v) is 2.16. The van der Waals surface area contributed by atoms with E-state index in [1.807, 2.05) is 20.8 Å². The number of benzene rings is 2. The number of carbonyl (C=O) groups is 1. The molecule has 0 amide bonds. The van der Waals surface area contributed by atoms with Gasteiger partial charge in [0.25, 0.3) is 5.69 Å². The SMILES string of the molecule is CC(C)(C)C(=O)c1cccc(Oc2ccc([N+](=O)[O-])cc2Cl)c1. The van der Waals surface area contributed by atoms with Crippen LogP contribution in [0.15, 0.2) is 42.5 Å². The maximum atomic E-state index is 12.3. The van der Waals surface area contributed by atoms with Gasteiger partial charge in [-0.25, -0.2) is 0 Å². The van der Waals surface area contributed by atoms with Crippen LogP contribution in [0.4, 0.5) is 5.69 Å². The fourth-order valence-electron chi connectivity index (χ4n) is 1.95. The molecule has 0 spiro atoms. The van der Waals surface area contributed by atoms with Crippen LogP contribution in [-0.4, -0.2) is 10.7 Å². The summed E-state index contributed by atoms with van der Waals surface area (Å²) in [4.78, 5) is 22.5. The highest BCUT2D eigenvalue weighted by Gasteiger charge is 2.23. The summed E-state index contributed by atoms with van der Waals surface area (Å²) in [5.41, 5.74) is -0.0732. The number of ketones is 1. The van der Waals surface area contributed by atoms with E-state index in [-0.39, 0.29) is 22.2 Å². The fraction of sp³-hybridized carbons (Fsp3) is 0.235. The van der Waals surface area contributed by atoms with Crippen LogP contribution in [0, 0.1) is 15.5 Å². The first-order valence-electron chi connectivity index (χ1n) is 6.95. The Morgan fingerprint density at radius 1 is 1.17 bits per heavy atom. The molecular weight excluding hydrogens is 318 g/mol. The molecule has 0 bridgehead atoms. The molecular formula is C17H16ClNO4. The van der Waals surface area contributed by atoms with Gasteiger partial charge >= 0.3 is 0 Å². The van der Waals surface area contributed by atoms with Crippen LogP contribution in [0.3, 0.4) is 0 Å². The molecule has 23 heavy (non-hydrogen) atoms. The van der Waals surface area contributed by atoms with E-state index in [4.69, 9.17) is 16.3 Å². The molecule has 120 valence electrons. The minimum Gasteiger partial charge on any atom is -0.456 e. The van der Waals surface area contributed by atoms with E-state index in [2.05, 4.69) is 0 Å². The van der Waals surface area contributed by atoms with Gasteiger partial charge in [-0.2, -0.15) is 0 Å². The zero-order valence-corrected chi connectivity index (χ0v) is 13.8. The van der Waals surface area contributed by atoms with E-state index in [1.54, 1.807) is 24.3 Å². The lowest BCUT2D eigenvalue weighted by molar-refractivity contribution is -0.384. The number of hydrogen-bond donors (Lipinski definition) is 0. The minimum absolute atomic E-state index is 0.00209. The van der Waals surface area contributed by atoms with Gasteiger partial charge in [0.05, 0.1) is 9.95 Å². The Kier molecular flexibility index (Phi) is 4.71. The molecule has 0 aliphatic rings. The van der Waals surface area contributed by atoms with Gasteiger partial charge in [-0.1, -0.05) is 44.5 Å². The van der Waals surface area contributed by atoms with E-state index in [1.165, 1.54) is 18.2 Å². The number of non-ortho nitro benzene ring substituents is 1. The molecule has 6 heteroatoms. The number of nitrogens with zero attached hydrogens (tertiary/aromatic N) is 1. The highest BCUT2D eigenvalue weighted by molar-refractivity contribution is 6.32. The third kappa shape index (κ3) is 4.07. The Balaban J connectivity index is 2.28. The molecule has 0 aromatic heterocycles. The molecule has 0 heterocycles. The zero-order chi connectivity index (χ0) is 17.2. The molecule has 0 aliphatic heterocycles. The molecule has 0 saturated heterocycles. The molecule has 0 fully saturated rings. The molecule has 2 aromatic rings. The Hall–Kier alpha value is -2.40. The third-order valence-electron chi connectivity index (χ3n) is 3.13. The number of hydrogen-bond acceptors (Lipinski definition) is 4. The smallest absolute Gasteiger partial charge is 0.271 e. The lowest BCUT2D eigenvalue weighted by Gasteiger charge is -2.17. The normalized spacial score (nSPS) is 11.1. The maximum Gasteiger partial charge on any atom is 0.271 e. The lowest BCUT2D eigenvalue weighted by atomic mass is 9.86. The van der Waals surface area contributed by atoms with Crippen molar-refractivity contribution in [1.29, 1.82) is 0 Å². The number of carbonyl (C=O) groups excluding carboxylic acids is 1. The van der Waals surface area contributed by atoms with E-state index in [0.29, 0.717) is 11.3 Å². The average Bonchev–Trinajstić information content (AvgIpc) is 2.47. The molecule has 0 atom stereocenters. The predicted octanol–water partition coefficient (Wildman–Crippen LogP) is 5.27. The van der Waals surface area contributed by atoms with Crippen molar-refractivity contribution >= 4 is 23.1 Å². The molecule has 2 aromatic carbocycles. The monoisotopic (exact) mass is 333 g/mol. The number of halogens is 1. The molecule has 2 rings (SSSR count). The predicted molar refractivity (Wildman–Crippen MR) is 88.4 cm³/mol. The van der Waals surface area contributed by atoms with E-state index >= 15 is 0 Å². The first-order chi connectivity index (χ1) is 10.7. The minimum atomic E-state index is -0.529. The van der Waals surface area contributed by atoms with Gasteiger partial charge in [-0.05, 0) is 18.2 Å². The number of ether oxygens (including phenoxy) is 1. The van der Waals surface area contributed by atoms with Gasteiger partial charge in [0.2, 0.25) is 0 Å². The number of Topliss-reactive ketones (excluding diaryl/α,β-unsaturated/α-hetero) is 1. The summed E-state index contributed by atoms with van der Waals surface area (Å²) in [6.45, 7) is 5.53. The first kappa shape index (κ1) is 17.0. The number of rotatable bonds is 4. The van der Waals surface area contributed by atoms with Crippen LogP contribution >= 0.6 is 11.6 Å². The maximum absolute atomic E-state index is 12.3. The summed E-state index contributed by atoms with van der Waals surface area (Å²) >= 11 is 6.00. The molecule has 0 radical (unpaired) electrons. The van der Waals surface area contributed by atoms with Crippen molar-refractivity contribution in [2.24, 2.45) is 5.41 Å². The second-order valence-corrected chi connectivity index (χ2v) is 6.49. The highest BCUT2D eigenvalue weighted by atomic mass is 35.5. The number of nitro groups is 1. The first-order valence-corrected chi connectivity index (χ1v) is 7.33. The summed E-state index contributed by atoms with van der Waals surface area (Å²) in [6.07, 6.45) is 0. The standard InChI is InChI=1S/C17H16ClNO4/c1-17(2,3)16(20)11-5-4-6-13(9-11)23-15-8-7-12(19(21)22)10-14(15)18/h4-10H,1-3H3. The van der Waals surface area contributed by atoms with Crippen LogP contribution in [0.2, 0.25) is 5.02 Å². The van der Waals surface area contributed by atoms with Crippen molar-refractivity contribution in [2.45, 2.75) is 20.8 Å². The summed E-state index contributed by atoms with van der Waals surface area (Å²) < 4.78 is 5.64. The Bertz CT molecular complexity index is 765. The lowest BCUT2D eigenvalue weighted by Crippen LogP contribution is -2.20. The van der Waals surface area contributed by atoms with Crippen molar-refractivity contribution in [3.8, 4) is 11.5 Å². The van der Waals surface area contributed by atoms with Crippen LogP contribution in [0.5, 0.6) is 11.5 Å². The second-order valence-electron chi connectivity index (χ2n) is 6.08. The summed E-state index contributed by atoms with van der Waals surface area (Å²) in [6, 6.07) is 10.7. The van der Waals surface area contributed by atoms with Crippen molar-refractivity contribution in [1.82, 2.24) is 0 Å². The quantitative estimate of drug-likeness (QED) is 0.434. The molecule has 0 N–H and O–H groups in total. The van der Waals surface area contributed by atoms with Gasteiger partial charge in [-0.3, -0.25) is 14.9 Å². The molecule has 0 saturated carbocycles. The summed E-state index contributed by atoms with van der Waals surface area (Å²) in [7, 11) is 0. The highest BCUT2D eigenvalue weighted by Crippen LogP contribution is 2.33. The topological polar surface area (TPSA) is 69.4 Å². The van der Waals surface area contributed by atoms with Gasteiger partial charge in [0.15, 0.2) is 5.78 Å². The third-order valence-corrected chi connectivity index (χ3v) is 3.43. The van der Waals surface area contributed by atoms with E-state index < -0.39 is 10.3 Å². The largest absolute Gasteiger partial charge is 0.456 e. The van der Waals surface area contributed by atoms with Crippen LogP contribution in [-0.2, 0) is 0 Å². The zero-order valence-electron chi connectivity index (χ0n) is 13.0. The van der Waals surface area contributed by atoms with Crippen molar-refractivity contribution in [2.75, 3.05) is 0 Å². The van der Waals surface area contributed by atoms with Crippen molar-refractivity contribution in [3.63, 3.8) is 0 Å². The van der Waals surface area contributed by atoms with Gasteiger partial charge in [0, 0.05) is 23.1 Å². The van der Waals surface area contributed by atoms with Crippen molar-refractivity contribution in [3.05, 3.63) is 63.2 Å². The Morgan fingerprint density at radius 3 is 2.43 bits per heavy atom. The number of nitro benzene ring substituents is 1. The van der Waals surface area contributed by atoms with Crippen LogP contribution in [0.25, 0.3) is 0 Å².